The van der Waals surface area contributed by atoms with Gasteiger partial charge in [0.05, 0.1) is 8.07 Å². The maximum atomic E-state index is 10.1. The zero-order chi connectivity index (χ0) is 11.2. The van der Waals surface area contributed by atoms with E-state index < -0.39 is 13.3 Å². The van der Waals surface area contributed by atoms with Gasteiger partial charge in [0.2, 0.25) is 0 Å². The van der Waals surface area contributed by atoms with E-state index in [0.717, 1.165) is 12.8 Å². The highest BCUT2D eigenvalue weighted by Gasteiger charge is 2.35. The van der Waals surface area contributed by atoms with E-state index in [1.165, 1.54) is 12.8 Å². The molecule has 0 bridgehead atoms. The standard InChI is InChI=1S/C12H24OSi/c1-6-7-8-9-10-11-12(2,13)14(3,4)5/h13H,6-9H2,1-5H3. The summed E-state index contributed by atoms with van der Waals surface area (Å²) in [5.41, 5.74) is 0. The van der Waals surface area contributed by atoms with E-state index in [4.69, 9.17) is 0 Å². The first-order valence-electron chi connectivity index (χ1n) is 5.53. The molecule has 0 heterocycles. The third-order valence-electron chi connectivity index (χ3n) is 2.70. The van der Waals surface area contributed by atoms with Crippen molar-refractivity contribution in [3.63, 3.8) is 0 Å². The van der Waals surface area contributed by atoms with E-state index in [1.807, 2.05) is 6.92 Å². The van der Waals surface area contributed by atoms with Gasteiger partial charge in [-0.1, -0.05) is 45.3 Å². The normalized spacial score (nSPS) is 15.6. The lowest BCUT2D eigenvalue weighted by Gasteiger charge is -2.30. The van der Waals surface area contributed by atoms with Crippen LogP contribution in [0.1, 0.15) is 39.5 Å². The summed E-state index contributed by atoms with van der Waals surface area (Å²) >= 11 is 0. The smallest absolute Gasteiger partial charge is 0.109 e. The highest BCUT2D eigenvalue weighted by Crippen LogP contribution is 2.18. The Labute approximate surface area is 89.9 Å². The van der Waals surface area contributed by atoms with E-state index in [-0.39, 0.29) is 0 Å². The van der Waals surface area contributed by atoms with Crippen molar-refractivity contribution in [2.45, 2.75) is 64.4 Å². The van der Waals surface area contributed by atoms with Crippen molar-refractivity contribution in [1.29, 1.82) is 0 Å². The Kier molecular flexibility index (Phi) is 5.47. The molecule has 2 heteroatoms. The largest absolute Gasteiger partial charge is 0.381 e. The minimum atomic E-state index is -1.57. The quantitative estimate of drug-likeness (QED) is 0.431. The predicted molar refractivity (Wildman–Crippen MR) is 65.9 cm³/mol. The van der Waals surface area contributed by atoms with Crippen molar-refractivity contribution in [1.82, 2.24) is 0 Å². The molecule has 0 saturated carbocycles. The third kappa shape index (κ3) is 4.83. The number of rotatable bonds is 4. The first-order valence-corrected chi connectivity index (χ1v) is 9.03. The van der Waals surface area contributed by atoms with Crippen molar-refractivity contribution >= 4 is 8.07 Å². The zero-order valence-corrected chi connectivity index (χ0v) is 11.3. The average molecular weight is 212 g/mol. The fraction of sp³-hybridized carbons (Fsp3) is 0.833. The summed E-state index contributed by atoms with van der Waals surface area (Å²) < 4.78 is 0. The zero-order valence-electron chi connectivity index (χ0n) is 10.3. The fourth-order valence-corrected chi connectivity index (χ4v) is 1.35. The Morgan fingerprint density at radius 3 is 2.21 bits per heavy atom. The summed E-state index contributed by atoms with van der Waals surface area (Å²) in [5.74, 6) is 6.13. The summed E-state index contributed by atoms with van der Waals surface area (Å²) in [6, 6.07) is 0. The van der Waals surface area contributed by atoms with E-state index in [2.05, 4.69) is 38.4 Å². The molecule has 0 aromatic heterocycles. The molecule has 0 fully saturated rings. The van der Waals surface area contributed by atoms with Gasteiger partial charge in [0.1, 0.15) is 5.22 Å². The highest BCUT2D eigenvalue weighted by atomic mass is 28.3. The number of aliphatic hydroxyl groups is 1. The highest BCUT2D eigenvalue weighted by molar-refractivity contribution is 6.79. The van der Waals surface area contributed by atoms with Crippen molar-refractivity contribution in [3.8, 4) is 11.8 Å². The van der Waals surface area contributed by atoms with Crippen LogP contribution in [0.25, 0.3) is 0 Å². The van der Waals surface area contributed by atoms with Gasteiger partial charge in [-0.3, -0.25) is 0 Å². The first kappa shape index (κ1) is 13.7. The maximum Gasteiger partial charge on any atom is 0.109 e. The van der Waals surface area contributed by atoms with Crippen LogP contribution < -0.4 is 0 Å². The van der Waals surface area contributed by atoms with Crippen molar-refractivity contribution in [3.05, 3.63) is 0 Å². The molecular weight excluding hydrogens is 188 g/mol. The summed E-state index contributed by atoms with van der Waals surface area (Å²) in [6.07, 6.45) is 4.55. The Balaban J connectivity index is 4.08. The molecule has 14 heavy (non-hydrogen) atoms. The molecule has 0 aliphatic carbocycles. The van der Waals surface area contributed by atoms with Crippen molar-refractivity contribution in [2.24, 2.45) is 0 Å². The molecule has 1 nitrogen and oxygen atoms in total. The lowest BCUT2D eigenvalue weighted by atomic mass is 10.2. The van der Waals surface area contributed by atoms with Crippen LogP contribution in [-0.2, 0) is 0 Å². The van der Waals surface area contributed by atoms with Crippen LogP contribution in [0, 0.1) is 11.8 Å². The van der Waals surface area contributed by atoms with Gasteiger partial charge in [-0.05, 0) is 13.3 Å². The molecule has 0 saturated heterocycles. The van der Waals surface area contributed by atoms with Gasteiger partial charge in [-0.15, -0.1) is 5.92 Å². The number of hydrogen-bond acceptors (Lipinski definition) is 1. The van der Waals surface area contributed by atoms with Crippen LogP contribution >= 0.6 is 0 Å². The lowest BCUT2D eigenvalue weighted by Crippen LogP contribution is -2.48. The Morgan fingerprint density at radius 2 is 1.79 bits per heavy atom. The summed E-state index contributed by atoms with van der Waals surface area (Å²) in [6.45, 7) is 10.5. The molecule has 0 radical (unpaired) electrons. The monoisotopic (exact) mass is 212 g/mol. The van der Waals surface area contributed by atoms with Gasteiger partial charge in [0.25, 0.3) is 0 Å². The minimum absolute atomic E-state index is 0.737. The molecule has 1 unspecified atom stereocenters. The Hall–Kier alpha value is -0.263. The molecule has 0 aromatic carbocycles. The van der Waals surface area contributed by atoms with Gasteiger partial charge in [0, 0.05) is 6.42 Å². The fourth-order valence-electron chi connectivity index (χ4n) is 0.885. The van der Waals surface area contributed by atoms with Crippen LogP contribution in [0.4, 0.5) is 0 Å². The molecule has 1 atom stereocenters. The predicted octanol–water partition coefficient (Wildman–Crippen LogP) is 3.20. The second-order valence-corrected chi connectivity index (χ2v) is 10.6. The molecular formula is C12H24OSi. The first-order chi connectivity index (χ1) is 6.31. The Morgan fingerprint density at radius 1 is 1.21 bits per heavy atom. The van der Waals surface area contributed by atoms with Gasteiger partial charge < -0.3 is 5.11 Å². The third-order valence-corrected chi connectivity index (χ3v) is 5.74. The summed E-state index contributed by atoms with van der Waals surface area (Å²) in [7, 11) is -1.57. The van der Waals surface area contributed by atoms with Gasteiger partial charge in [-0.2, -0.15) is 0 Å². The van der Waals surface area contributed by atoms with Crippen LogP contribution in [-0.4, -0.2) is 18.4 Å². The second kappa shape index (κ2) is 5.58. The van der Waals surface area contributed by atoms with E-state index in [0.29, 0.717) is 0 Å². The van der Waals surface area contributed by atoms with Crippen LogP contribution in [0.5, 0.6) is 0 Å². The molecule has 1 N–H and O–H groups in total. The summed E-state index contributed by atoms with van der Waals surface area (Å²) in [5, 5.41) is 9.36. The van der Waals surface area contributed by atoms with Crippen LogP contribution in [0.3, 0.4) is 0 Å². The average Bonchev–Trinajstić information content (AvgIpc) is 2.02. The van der Waals surface area contributed by atoms with E-state index in [9.17, 15) is 5.11 Å². The lowest BCUT2D eigenvalue weighted by molar-refractivity contribution is 0.197. The van der Waals surface area contributed by atoms with Gasteiger partial charge >= 0.3 is 0 Å². The number of hydrogen-bond donors (Lipinski definition) is 1. The van der Waals surface area contributed by atoms with Crippen LogP contribution in [0.2, 0.25) is 19.6 Å². The SMILES string of the molecule is CCCCCC#CC(C)(O)[Si](C)(C)C. The van der Waals surface area contributed by atoms with Gasteiger partial charge in [0.15, 0.2) is 0 Å². The summed E-state index contributed by atoms with van der Waals surface area (Å²) in [4.78, 5) is 0. The topological polar surface area (TPSA) is 20.2 Å². The van der Waals surface area contributed by atoms with E-state index in [1.54, 1.807) is 0 Å². The maximum absolute atomic E-state index is 10.1. The molecule has 0 amide bonds. The second-order valence-electron chi connectivity index (χ2n) is 5.08. The molecule has 82 valence electrons. The molecule has 0 aromatic rings. The molecule has 0 spiro atoms. The van der Waals surface area contributed by atoms with Crippen LogP contribution in [0.15, 0.2) is 0 Å². The van der Waals surface area contributed by atoms with Gasteiger partial charge in [-0.25, -0.2) is 0 Å². The minimum Gasteiger partial charge on any atom is -0.381 e. The molecule has 0 aliphatic heterocycles. The van der Waals surface area contributed by atoms with Crippen molar-refractivity contribution < 1.29 is 5.11 Å². The van der Waals surface area contributed by atoms with E-state index >= 15 is 0 Å². The van der Waals surface area contributed by atoms with Crippen molar-refractivity contribution in [2.75, 3.05) is 0 Å². The number of unbranched alkanes of at least 4 members (excludes halogenated alkanes) is 3. The Bertz CT molecular complexity index is 215. The molecule has 0 rings (SSSR count). The molecule has 0 aliphatic rings.